The first kappa shape index (κ1) is 23.4. The van der Waals surface area contributed by atoms with E-state index in [4.69, 9.17) is 31.0 Å². The van der Waals surface area contributed by atoms with Crippen molar-refractivity contribution in [1.82, 2.24) is 14.5 Å². The Kier molecular flexibility index (Phi) is 5.40. The summed E-state index contributed by atoms with van der Waals surface area (Å²) in [5, 5.41) is 21.4. The monoisotopic (exact) mass is 525 g/mol. The predicted octanol–water partition coefficient (Wildman–Crippen LogP) is -0.758. The fraction of sp³-hybridized carbons (Fsp3) is 0.500. The van der Waals surface area contributed by atoms with E-state index in [2.05, 4.69) is 28.1 Å². The van der Waals surface area contributed by atoms with Crippen LogP contribution in [0.15, 0.2) is 11.3 Å². The number of ether oxygens (including phenoxy) is 1. The second-order valence-electron chi connectivity index (χ2n) is 6.50. The lowest BCUT2D eigenvalue weighted by molar-refractivity contribution is -0.0779. The number of aliphatic hydroxyl groups excluding tert-OH is 1. The smallest absolute Gasteiger partial charge is 0.381 e. The Hall–Kier alpha value is -0.710. The summed E-state index contributed by atoms with van der Waals surface area (Å²) in [5.74, 6) is 0.151. The molecule has 0 aliphatic carbocycles. The Morgan fingerprint density at radius 1 is 1.16 bits per heavy atom. The van der Waals surface area contributed by atoms with Crippen LogP contribution in [0.4, 0.5) is 11.5 Å². The third kappa shape index (κ3) is 3.75. The first-order valence-electron chi connectivity index (χ1n) is 7.92. The molecule has 0 saturated carbocycles. The highest BCUT2D eigenvalue weighted by Gasteiger charge is 2.93. The number of fused-ring (bicyclic) bond motifs is 5. The normalized spacial score (nSPS) is 37.3. The lowest BCUT2D eigenvalue weighted by atomic mass is 10.1. The van der Waals surface area contributed by atoms with Gasteiger partial charge in [-0.15, -0.1) is 0 Å². The molecule has 1 spiro atoms. The summed E-state index contributed by atoms with van der Waals surface area (Å²) in [5.41, 5.74) is -1.84. The summed E-state index contributed by atoms with van der Waals surface area (Å²) in [4.78, 5) is 47.4. The zero-order valence-corrected chi connectivity index (χ0v) is 18.1. The zero-order chi connectivity index (χ0) is 23.0. The maximum Gasteiger partial charge on any atom is 0.490 e. The van der Waals surface area contributed by atoms with Gasteiger partial charge in [-0.3, -0.25) is 4.52 Å². The van der Waals surface area contributed by atoms with Crippen LogP contribution in [-0.4, -0.2) is 76.9 Å². The number of phosphoric ester groups is 1. The maximum atomic E-state index is 11.8. The molecule has 17 nitrogen and oxygen atoms in total. The second-order valence-corrected chi connectivity index (χ2v) is 11.3. The largest absolute Gasteiger partial charge is 0.490 e. The molecule has 4 rings (SSSR count). The third-order valence-corrected chi connectivity index (χ3v) is 8.72. The summed E-state index contributed by atoms with van der Waals surface area (Å²) in [6.45, 7) is -0.932. The number of aliphatic imine (C=N–C) groups is 1. The standard InChI is InChI=1S/C10H12ClN4O13P3/c11-7-5-8(13-2-12-7)15(3-14-5)9-10(15,17)6(16)4(26-9)1-25-30(21,22)28-31(23,24)27-29(18,19)20/h2-4,6,9,16-17H,1H2,(H3-,18,19,20,21,22,23,24)/p+1/t4-,6-,9?,10-,15?/m1/s1. The quantitative estimate of drug-likeness (QED) is 0.111. The highest BCUT2D eigenvalue weighted by atomic mass is 35.5. The number of aromatic nitrogens is 2. The van der Waals surface area contributed by atoms with Gasteiger partial charge in [-0.25, -0.2) is 18.7 Å². The molecule has 3 aliphatic heterocycles. The lowest BCUT2D eigenvalue weighted by Crippen LogP contribution is -2.50. The maximum absolute atomic E-state index is 11.8. The molecule has 0 radical (unpaired) electrons. The Labute approximate surface area is 176 Å². The van der Waals surface area contributed by atoms with Gasteiger partial charge in [-0.1, -0.05) is 11.6 Å². The van der Waals surface area contributed by atoms with Crippen molar-refractivity contribution in [2.45, 2.75) is 24.2 Å². The Bertz CT molecular complexity index is 1120. The highest BCUT2D eigenvalue weighted by Crippen LogP contribution is 2.67. The number of hydrogen-bond donors (Lipinski definition) is 6. The molecule has 1 aromatic rings. The second kappa shape index (κ2) is 7.14. The average molecular weight is 526 g/mol. The number of nitrogens with zero attached hydrogens (tertiary/aromatic N) is 4. The summed E-state index contributed by atoms with van der Waals surface area (Å²) in [7, 11) is -16.7. The fourth-order valence-electron chi connectivity index (χ4n) is 3.46. The Balaban J connectivity index is 1.43. The minimum atomic E-state index is -5.69. The predicted molar refractivity (Wildman–Crippen MR) is 96.4 cm³/mol. The fourth-order valence-corrected chi connectivity index (χ4v) is 6.66. The van der Waals surface area contributed by atoms with Crippen molar-refractivity contribution in [2.24, 2.45) is 4.99 Å². The molecule has 0 bridgehead atoms. The van der Waals surface area contributed by atoms with Crippen molar-refractivity contribution in [3.8, 4) is 0 Å². The number of halogens is 1. The zero-order valence-electron chi connectivity index (χ0n) is 14.6. The van der Waals surface area contributed by atoms with E-state index in [9.17, 15) is 28.8 Å². The molecule has 172 valence electrons. The lowest BCUT2D eigenvalue weighted by Gasteiger charge is -2.24. The number of rotatable bonds is 7. The van der Waals surface area contributed by atoms with Crippen LogP contribution in [0.3, 0.4) is 0 Å². The van der Waals surface area contributed by atoms with Crippen LogP contribution in [0.2, 0.25) is 5.15 Å². The van der Waals surface area contributed by atoms with Gasteiger partial charge in [0.15, 0.2) is 16.9 Å². The molecule has 0 amide bonds. The van der Waals surface area contributed by atoms with Gasteiger partial charge in [0.05, 0.1) is 6.61 Å². The number of phosphoric acid groups is 3. The van der Waals surface area contributed by atoms with E-state index < -0.39 is 58.7 Å². The molecular weight excluding hydrogens is 513 g/mol. The van der Waals surface area contributed by atoms with Gasteiger partial charge in [-0.2, -0.15) is 23.1 Å². The van der Waals surface area contributed by atoms with E-state index in [1.165, 1.54) is 6.34 Å². The molecule has 2 fully saturated rings. The molecule has 3 aliphatic rings. The van der Waals surface area contributed by atoms with Gasteiger partial charge in [-0.05, 0) is 0 Å². The SMILES string of the molecule is O=P(O)(O)OP(=O)(O)OP(=O)(O)OC[C@H]1OC2[C@](O)([C@@H]1O)[N+]21C=Nc2c(Cl)ncnc21. The van der Waals surface area contributed by atoms with E-state index in [-0.39, 0.29) is 16.7 Å². The number of quaternary nitrogens is 1. The van der Waals surface area contributed by atoms with E-state index in [0.29, 0.717) is 0 Å². The molecule has 7 atom stereocenters. The van der Waals surface area contributed by atoms with Crippen molar-refractivity contribution in [2.75, 3.05) is 6.61 Å². The molecule has 2 saturated heterocycles. The summed E-state index contributed by atoms with van der Waals surface area (Å²) in [6.07, 6.45) is -1.94. The van der Waals surface area contributed by atoms with Crippen LogP contribution in [0.25, 0.3) is 0 Å². The van der Waals surface area contributed by atoms with Gasteiger partial charge in [0, 0.05) is 0 Å². The summed E-state index contributed by atoms with van der Waals surface area (Å²) >= 11 is 5.93. The van der Waals surface area contributed by atoms with Gasteiger partial charge >= 0.3 is 29.2 Å². The highest BCUT2D eigenvalue weighted by molar-refractivity contribution is 7.66. The molecule has 21 heteroatoms. The molecule has 6 N–H and O–H groups in total. The molecule has 31 heavy (non-hydrogen) atoms. The Morgan fingerprint density at radius 2 is 1.84 bits per heavy atom. The topological polar surface area (TPSA) is 248 Å². The molecular formula is C10H13ClN4O13P3+. The van der Waals surface area contributed by atoms with Crippen LogP contribution < -0.4 is 4.48 Å². The van der Waals surface area contributed by atoms with Crippen molar-refractivity contribution in [3.63, 3.8) is 0 Å². The van der Waals surface area contributed by atoms with Gasteiger partial charge < -0.3 is 34.5 Å². The Morgan fingerprint density at radius 3 is 2.42 bits per heavy atom. The van der Waals surface area contributed by atoms with Gasteiger partial charge in [0.25, 0.3) is 12.0 Å². The summed E-state index contributed by atoms with van der Waals surface area (Å²) < 4.78 is 50.2. The van der Waals surface area contributed by atoms with E-state index in [0.717, 1.165) is 6.33 Å². The van der Waals surface area contributed by atoms with Crippen molar-refractivity contribution >= 4 is 52.9 Å². The molecule has 4 heterocycles. The van der Waals surface area contributed by atoms with Crippen molar-refractivity contribution in [1.29, 1.82) is 0 Å². The third-order valence-electron chi connectivity index (χ3n) is 4.65. The van der Waals surface area contributed by atoms with Crippen LogP contribution in [-0.2, 0) is 31.6 Å². The molecule has 0 aromatic carbocycles. The van der Waals surface area contributed by atoms with Gasteiger partial charge in [0.2, 0.25) is 6.34 Å². The summed E-state index contributed by atoms with van der Waals surface area (Å²) in [6, 6.07) is 0. The molecule has 1 aromatic heterocycles. The number of hydrogen-bond acceptors (Lipinski definition) is 12. The van der Waals surface area contributed by atoms with Crippen LogP contribution in [0.5, 0.6) is 0 Å². The average Bonchev–Trinajstić information content (AvgIpc) is 2.85. The van der Waals surface area contributed by atoms with Gasteiger partial charge in [0.1, 0.15) is 12.4 Å². The van der Waals surface area contributed by atoms with Crippen molar-refractivity contribution in [3.05, 3.63) is 11.5 Å². The number of aliphatic hydroxyl groups is 2. The first-order valence-corrected chi connectivity index (χ1v) is 12.8. The van der Waals surface area contributed by atoms with Crippen molar-refractivity contribution < 1.29 is 61.4 Å². The minimum Gasteiger partial charge on any atom is -0.381 e. The van der Waals surface area contributed by atoms with E-state index in [1.807, 2.05) is 0 Å². The van der Waals surface area contributed by atoms with Crippen LogP contribution in [0.1, 0.15) is 0 Å². The van der Waals surface area contributed by atoms with E-state index in [1.54, 1.807) is 0 Å². The van der Waals surface area contributed by atoms with Crippen LogP contribution in [0, 0.1) is 0 Å². The van der Waals surface area contributed by atoms with E-state index >= 15 is 0 Å². The van der Waals surface area contributed by atoms with Crippen LogP contribution >= 0.6 is 35.1 Å². The minimum absolute atomic E-state index is 0.00326. The first-order chi connectivity index (χ1) is 14.1. The molecule has 4 unspecified atom stereocenters.